The van der Waals surface area contributed by atoms with Gasteiger partial charge in [-0.25, -0.2) is 0 Å². The molecule has 0 spiro atoms. The van der Waals surface area contributed by atoms with E-state index in [1.807, 2.05) is 13.1 Å². The van der Waals surface area contributed by atoms with Crippen molar-refractivity contribution < 1.29 is 9.47 Å². The van der Waals surface area contributed by atoms with Gasteiger partial charge in [0.25, 0.3) is 0 Å². The molecule has 20 heavy (non-hydrogen) atoms. The van der Waals surface area contributed by atoms with Crippen LogP contribution in [0.2, 0.25) is 0 Å². The predicted molar refractivity (Wildman–Crippen MR) is 80.2 cm³/mol. The van der Waals surface area contributed by atoms with Crippen molar-refractivity contribution in [3.8, 4) is 5.75 Å². The highest BCUT2D eigenvalue weighted by Gasteiger charge is 2.28. The van der Waals surface area contributed by atoms with Crippen LogP contribution in [0.25, 0.3) is 0 Å². The van der Waals surface area contributed by atoms with Crippen LogP contribution in [0.3, 0.4) is 0 Å². The summed E-state index contributed by atoms with van der Waals surface area (Å²) in [5.74, 6) is 0.948. The molecule has 1 aliphatic rings. The molecule has 112 valence electrons. The lowest BCUT2D eigenvalue weighted by molar-refractivity contribution is -0.0631. The van der Waals surface area contributed by atoms with E-state index in [-0.39, 0.29) is 5.60 Å². The molecule has 1 saturated heterocycles. The summed E-state index contributed by atoms with van der Waals surface area (Å²) in [6, 6.07) is 0.493. The van der Waals surface area contributed by atoms with Gasteiger partial charge in [0.15, 0.2) is 0 Å². The highest BCUT2D eigenvalue weighted by molar-refractivity contribution is 5.40. The van der Waals surface area contributed by atoms with Gasteiger partial charge in [0.05, 0.1) is 18.4 Å². The molecule has 4 nitrogen and oxygen atoms in total. The van der Waals surface area contributed by atoms with Crippen LogP contribution in [-0.4, -0.2) is 30.3 Å². The zero-order valence-corrected chi connectivity index (χ0v) is 13.2. The van der Waals surface area contributed by atoms with Gasteiger partial charge >= 0.3 is 0 Å². The molecule has 0 amide bonds. The van der Waals surface area contributed by atoms with Gasteiger partial charge < -0.3 is 14.8 Å². The van der Waals surface area contributed by atoms with Crippen molar-refractivity contribution in [1.82, 2.24) is 10.3 Å². The molecule has 1 aliphatic heterocycles. The van der Waals surface area contributed by atoms with E-state index in [2.05, 4.69) is 31.1 Å². The van der Waals surface area contributed by atoms with E-state index in [1.54, 1.807) is 7.11 Å². The van der Waals surface area contributed by atoms with Crippen molar-refractivity contribution in [2.75, 3.05) is 13.7 Å². The number of aromatic nitrogens is 1. The Labute approximate surface area is 121 Å². The van der Waals surface area contributed by atoms with E-state index in [1.165, 1.54) is 0 Å². The largest absolute Gasteiger partial charge is 0.496 e. The van der Waals surface area contributed by atoms with E-state index >= 15 is 0 Å². The first kappa shape index (κ1) is 15.3. The predicted octanol–water partition coefficient (Wildman–Crippen LogP) is 2.75. The summed E-state index contributed by atoms with van der Waals surface area (Å²) in [6.45, 7) is 10.0. The maximum Gasteiger partial charge on any atom is 0.128 e. The molecule has 1 aromatic rings. The van der Waals surface area contributed by atoms with Gasteiger partial charge in [-0.15, -0.1) is 0 Å². The molecule has 0 bridgehead atoms. The van der Waals surface area contributed by atoms with Crippen LogP contribution in [0.5, 0.6) is 5.75 Å². The van der Waals surface area contributed by atoms with Gasteiger partial charge in [-0.1, -0.05) is 0 Å². The van der Waals surface area contributed by atoms with Gasteiger partial charge in [-0.05, 0) is 40.5 Å². The van der Waals surface area contributed by atoms with Gasteiger partial charge in [-0.2, -0.15) is 0 Å². The Morgan fingerprint density at radius 1 is 1.45 bits per heavy atom. The Morgan fingerprint density at radius 3 is 2.85 bits per heavy atom. The summed E-state index contributed by atoms with van der Waals surface area (Å²) in [4.78, 5) is 4.53. The zero-order valence-electron chi connectivity index (χ0n) is 13.2. The van der Waals surface area contributed by atoms with Crippen LogP contribution in [0, 0.1) is 13.8 Å². The number of methoxy groups -OCH3 is 1. The van der Waals surface area contributed by atoms with Crippen molar-refractivity contribution in [3.05, 3.63) is 23.0 Å². The Hall–Kier alpha value is -1.13. The topological polar surface area (TPSA) is 43.4 Å². The number of ether oxygens (including phenoxy) is 2. The van der Waals surface area contributed by atoms with Gasteiger partial charge in [0.1, 0.15) is 5.75 Å². The fourth-order valence-electron chi connectivity index (χ4n) is 2.90. The lowest BCUT2D eigenvalue weighted by Crippen LogP contribution is -2.43. The molecule has 2 rings (SSSR count). The summed E-state index contributed by atoms with van der Waals surface area (Å²) in [5, 5.41) is 3.61. The van der Waals surface area contributed by atoms with Crippen molar-refractivity contribution in [3.63, 3.8) is 0 Å². The Kier molecular flexibility index (Phi) is 4.66. The van der Waals surface area contributed by atoms with E-state index in [0.717, 1.165) is 48.6 Å². The van der Waals surface area contributed by atoms with Gasteiger partial charge in [0, 0.05) is 36.5 Å². The van der Waals surface area contributed by atoms with Crippen LogP contribution >= 0.6 is 0 Å². The molecule has 0 radical (unpaired) electrons. The molecule has 2 heterocycles. The van der Waals surface area contributed by atoms with Crippen LogP contribution in [0.1, 0.15) is 43.5 Å². The first-order chi connectivity index (χ1) is 9.43. The normalized spacial score (nSPS) is 21.8. The standard InChI is InChI=1S/C16H26N2O2/c1-11-9-18-14(12(2)15(11)19-5)10-17-13-6-7-20-16(3,4)8-13/h9,13,17H,6-8,10H2,1-5H3. The van der Waals surface area contributed by atoms with Crippen molar-refractivity contribution in [2.24, 2.45) is 0 Å². The monoisotopic (exact) mass is 278 g/mol. The molecule has 1 fully saturated rings. The summed E-state index contributed by atoms with van der Waals surface area (Å²) in [5.41, 5.74) is 3.26. The third-order valence-electron chi connectivity index (χ3n) is 4.01. The second-order valence-corrected chi connectivity index (χ2v) is 6.22. The van der Waals surface area contributed by atoms with Crippen molar-refractivity contribution >= 4 is 0 Å². The van der Waals surface area contributed by atoms with Crippen molar-refractivity contribution in [2.45, 2.75) is 58.7 Å². The highest BCUT2D eigenvalue weighted by Crippen LogP contribution is 2.26. The van der Waals surface area contributed by atoms with E-state index in [9.17, 15) is 0 Å². The number of nitrogens with zero attached hydrogens (tertiary/aromatic N) is 1. The molecule has 1 atom stereocenters. The minimum absolute atomic E-state index is 0.0244. The third kappa shape index (κ3) is 3.49. The minimum atomic E-state index is -0.0244. The quantitative estimate of drug-likeness (QED) is 0.919. The average Bonchev–Trinajstić information content (AvgIpc) is 2.37. The lowest BCUT2D eigenvalue weighted by Gasteiger charge is -2.36. The molecule has 0 saturated carbocycles. The third-order valence-corrected chi connectivity index (χ3v) is 4.01. The molecule has 0 aromatic carbocycles. The first-order valence-electron chi connectivity index (χ1n) is 7.29. The zero-order chi connectivity index (χ0) is 14.8. The first-order valence-corrected chi connectivity index (χ1v) is 7.29. The van der Waals surface area contributed by atoms with Gasteiger partial charge in [0.2, 0.25) is 0 Å². The molecule has 4 heteroatoms. The average molecular weight is 278 g/mol. The molecule has 0 aliphatic carbocycles. The van der Waals surface area contributed by atoms with E-state index in [0.29, 0.717) is 6.04 Å². The Balaban J connectivity index is 2.01. The summed E-state index contributed by atoms with van der Waals surface area (Å²) in [7, 11) is 1.72. The van der Waals surface area contributed by atoms with E-state index < -0.39 is 0 Å². The number of rotatable bonds is 4. The van der Waals surface area contributed by atoms with Crippen LogP contribution in [0.15, 0.2) is 6.20 Å². The number of hydrogen-bond donors (Lipinski definition) is 1. The fourth-order valence-corrected chi connectivity index (χ4v) is 2.90. The minimum Gasteiger partial charge on any atom is -0.496 e. The summed E-state index contributed by atoms with van der Waals surface area (Å²) >= 11 is 0. The summed E-state index contributed by atoms with van der Waals surface area (Å²) in [6.07, 6.45) is 3.98. The highest BCUT2D eigenvalue weighted by atomic mass is 16.5. The van der Waals surface area contributed by atoms with Crippen LogP contribution < -0.4 is 10.1 Å². The second kappa shape index (κ2) is 6.10. The Bertz CT molecular complexity index is 472. The lowest BCUT2D eigenvalue weighted by atomic mass is 9.94. The molecule has 1 aromatic heterocycles. The maximum absolute atomic E-state index is 5.75. The number of nitrogens with one attached hydrogen (secondary N) is 1. The van der Waals surface area contributed by atoms with Crippen molar-refractivity contribution in [1.29, 1.82) is 0 Å². The molecule has 1 unspecified atom stereocenters. The second-order valence-electron chi connectivity index (χ2n) is 6.22. The smallest absolute Gasteiger partial charge is 0.128 e. The molecular weight excluding hydrogens is 252 g/mol. The number of aryl methyl sites for hydroxylation is 1. The number of pyridine rings is 1. The molecule has 1 N–H and O–H groups in total. The maximum atomic E-state index is 5.75. The van der Waals surface area contributed by atoms with Crippen LogP contribution in [0.4, 0.5) is 0 Å². The van der Waals surface area contributed by atoms with Crippen LogP contribution in [-0.2, 0) is 11.3 Å². The van der Waals surface area contributed by atoms with E-state index in [4.69, 9.17) is 9.47 Å². The molecular formula is C16H26N2O2. The summed E-state index contributed by atoms with van der Waals surface area (Å²) < 4.78 is 11.2. The SMILES string of the molecule is COc1c(C)cnc(CNC2CCOC(C)(C)C2)c1C. The fraction of sp³-hybridized carbons (Fsp3) is 0.688. The van der Waals surface area contributed by atoms with Gasteiger partial charge in [-0.3, -0.25) is 4.98 Å². The Morgan fingerprint density at radius 2 is 2.20 bits per heavy atom. The number of hydrogen-bond acceptors (Lipinski definition) is 4.